The summed E-state index contributed by atoms with van der Waals surface area (Å²) in [6.07, 6.45) is 1.64. The van der Waals surface area contributed by atoms with Crippen LogP contribution in [0, 0.1) is 20.8 Å². The van der Waals surface area contributed by atoms with Gasteiger partial charge in [-0.05, 0) is 69.9 Å². The van der Waals surface area contributed by atoms with E-state index in [1.807, 2.05) is 70.2 Å². The number of likely N-dealkylation sites (N-methyl/N-ethyl adjacent to an activating group) is 1. The number of carbonyl (C=O) groups excluding carboxylic acids is 2. The van der Waals surface area contributed by atoms with Crippen molar-refractivity contribution in [3.8, 4) is 0 Å². The lowest BCUT2D eigenvalue weighted by molar-refractivity contribution is -0.140. The van der Waals surface area contributed by atoms with Crippen molar-refractivity contribution in [2.24, 2.45) is 0 Å². The predicted molar refractivity (Wildman–Crippen MR) is 137 cm³/mol. The highest BCUT2D eigenvalue weighted by molar-refractivity contribution is 7.92. The van der Waals surface area contributed by atoms with Gasteiger partial charge in [-0.15, -0.1) is 0 Å². The summed E-state index contributed by atoms with van der Waals surface area (Å²) < 4.78 is 26.3. The maximum absolute atomic E-state index is 13.2. The number of carbonyl (C=O) groups is 2. The topological polar surface area (TPSA) is 86.8 Å². The maximum atomic E-state index is 13.2. The van der Waals surface area contributed by atoms with Crippen LogP contribution in [-0.2, 0) is 26.2 Å². The van der Waals surface area contributed by atoms with Crippen molar-refractivity contribution in [2.75, 3.05) is 23.7 Å². The molecule has 0 aromatic heterocycles. The Labute approximate surface area is 204 Å². The first kappa shape index (κ1) is 27.4. The molecule has 0 aliphatic heterocycles. The van der Waals surface area contributed by atoms with Crippen LogP contribution in [0.25, 0.3) is 0 Å². The molecule has 0 fully saturated rings. The third-order valence-corrected chi connectivity index (χ3v) is 6.79. The van der Waals surface area contributed by atoms with E-state index < -0.39 is 16.1 Å². The van der Waals surface area contributed by atoms with Gasteiger partial charge >= 0.3 is 0 Å². The molecule has 2 rings (SSSR count). The zero-order valence-corrected chi connectivity index (χ0v) is 21.9. The van der Waals surface area contributed by atoms with Crippen molar-refractivity contribution in [3.63, 3.8) is 0 Å². The van der Waals surface area contributed by atoms with E-state index in [2.05, 4.69) is 5.32 Å². The molecule has 0 bridgehead atoms. The van der Waals surface area contributed by atoms with Gasteiger partial charge in [0.2, 0.25) is 21.8 Å². The monoisotopic (exact) mass is 487 g/mol. The average Bonchev–Trinajstić information content (AvgIpc) is 2.73. The largest absolute Gasteiger partial charge is 0.355 e. The number of nitrogens with one attached hydrogen (secondary N) is 1. The molecule has 0 heterocycles. The first-order chi connectivity index (χ1) is 15.9. The number of hydrogen-bond donors (Lipinski definition) is 1. The number of aryl methyl sites for hydroxylation is 3. The Morgan fingerprint density at radius 1 is 1.00 bits per heavy atom. The summed E-state index contributed by atoms with van der Waals surface area (Å²) in [6, 6.07) is 12.8. The van der Waals surface area contributed by atoms with Crippen LogP contribution >= 0.6 is 0 Å². The van der Waals surface area contributed by atoms with Crippen LogP contribution in [-0.4, -0.2) is 50.5 Å². The molecular formula is C26H37N3O4S. The predicted octanol–water partition coefficient (Wildman–Crippen LogP) is 3.71. The molecule has 34 heavy (non-hydrogen) atoms. The van der Waals surface area contributed by atoms with Crippen molar-refractivity contribution in [1.29, 1.82) is 0 Å². The SMILES string of the molecule is CCNC(=O)[C@@H](C)N(Cc1cccc(C)c1)C(=O)CCCN(c1cc(C)cc(C)c1)S(C)(=O)=O. The Kier molecular flexibility index (Phi) is 9.67. The summed E-state index contributed by atoms with van der Waals surface area (Å²) in [6.45, 7) is 10.4. The van der Waals surface area contributed by atoms with E-state index in [9.17, 15) is 18.0 Å². The molecule has 2 aromatic carbocycles. The Bertz CT molecular complexity index is 1090. The highest BCUT2D eigenvalue weighted by Crippen LogP contribution is 2.22. The molecule has 2 aromatic rings. The highest BCUT2D eigenvalue weighted by Gasteiger charge is 2.26. The van der Waals surface area contributed by atoms with Crippen LogP contribution in [0.1, 0.15) is 48.9 Å². The fourth-order valence-electron chi connectivity index (χ4n) is 4.01. The van der Waals surface area contributed by atoms with E-state index in [1.54, 1.807) is 11.8 Å². The van der Waals surface area contributed by atoms with E-state index in [0.717, 1.165) is 22.3 Å². The van der Waals surface area contributed by atoms with Crippen molar-refractivity contribution >= 4 is 27.5 Å². The standard InChI is InChI=1S/C26H37N3O4S/c1-7-27-26(31)22(5)28(18-23-11-8-10-19(2)15-23)25(30)12-9-13-29(34(6,32)33)24-16-20(3)14-21(4)17-24/h8,10-11,14-17,22H,7,9,12-13,18H2,1-6H3,(H,27,31)/t22-/m1/s1. The summed E-state index contributed by atoms with van der Waals surface area (Å²) in [5, 5.41) is 2.78. The van der Waals surface area contributed by atoms with Crippen LogP contribution < -0.4 is 9.62 Å². The number of nitrogens with zero attached hydrogens (tertiary/aromatic N) is 2. The van der Waals surface area contributed by atoms with Gasteiger partial charge in [-0.1, -0.05) is 35.9 Å². The molecule has 1 atom stereocenters. The van der Waals surface area contributed by atoms with Gasteiger partial charge in [0.1, 0.15) is 6.04 Å². The molecule has 0 saturated carbocycles. The summed E-state index contributed by atoms with van der Waals surface area (Å²) in [5.74, 6) is -0.398. The lowest BCUT2D eigenvalue weighted by Gasteiger charge is -2.29. The number of sulfonamides is 1. The van der Waals surface area contributed by atoms with Gasteiger partial charge in [0, 0.05) is 26.1 Å². The normalized spacial score (nSPS) is 12.2. The smallest absolute Gasteiger partial charge is 0.242 e. The number of benzene rings is 2. The molecule has 2 amide bonds. The highest BCUT2D eigenvalue weighted by atomic mass is 32.2. The minimum absolute atomic E-state index is 0.131. The molecule has 0 aliphatic carbocycles. The number of rotatable bonds is 11. The zero-order chi connectivity index (χ0) is 25.5. The van der Waals surface area contributed by atoms with Crippen molar-refractivity contribution in [3.05, 3.63) is 64.7 Å². The zero-order valence-electron chi connectivity index (χ0n) is 21.1. The lowest BCUT2D eigenvalue weighted by atomic mass is 10.1. The molecule has 0 saturated heterocycles. The van der Waals surface area contributed by atoms with Crippen LogP contribution in [0.2, 0.25) is 0 Å². The number of hydrogen-bond acceptors (Lipinski definition) is 4. The van der Waals surface area contributed by atoms with Gasteiger partial charge in [-0.2, -0.15) is 0 Å². The Balaban J connectivity index is 2.18. The van der Waals surface area contributed by atoms with Gasteiger partial charge < -0.3 is 10.2 Å². The molecule has 186 valence electrons. The van der Waals surface area contributed by atoms with Gasteiger partial charge in [0.05, 0.1) is 11.9 Å². The quantitative estimate of drug-likeness (QED) is 0.523. The Morgan fingerprint density at radius 3 is 2.21 bits per heavy atom. The van der Waals surface area contributed by atoms with Gasteiger partial charge in [-0.3, -0.25) is 13.9 Å². The molecule has 0 unspecified atom stereocenters. The van der Waals surface area contributed by atoms with E-state index in [1.165, 1.54) is 10.6 Å². The summed E-state index contributed by atoms with van der Waals surface area (Å²) in [4.78, 5) is 27.3. The minimum atomic E-state index is -3.52. The Hall–Kier alpha value is -2.87. The molecule has 0 spiro atoms. The number of amides is 2. The molecule has 1 N–H and O–H groups in total. The maximum Gasteiger partial charge on any atom is 0.242 e. The van der Waals surface area contributed by atoms with Crippen molar-refractivity contribution in [2.45, 2.75) is 60.0 Å². The summed E-state index contributed by atoms with van der Waals surface area (Å²) >= 11 is 0. The lowest BCUT2D eigenvalue weighted by Crippen LogP contribution is -2.47. The second kappa shape index (κ2) is 12.0. The molecule has 8 heteroatoms. The van der Waals surface area contributed by atoms with Gasteiger partial charge in [0.15, 0.2) is 0 Å². The third kappa shape index (κ3) is 7.87. The van der Waals surface area contributed by atoms with Crippen LogP contribution in [0.15, 0.2) is 42.5 Å². The average molecular weight is 488 g/mol. The second-order valence-corrected chi connectivity index (χ2v) is 10.8. The van der Waals surface area contributed by atoms with Crippen molar-refractivity contribution < 1.29 is 18.0 Å². The molecular weight excluding hydrogens is 450 g/mol. The summed E-state index contributed by atoms with van der Waals surface area (Å²) in [7, 11) is -3.52. The molecule has 0 aliphatic rings. The summed E-state index contributed by atoms with van der Waals surface area (Å²) in [5.41, 5.74) is 4.56. The van der Waals surface area contributed by atoms with E-state index in [4.69, 9.17) is 0 Å². The van der Waals surface area contributed by atoms with Crippen LogP contribution in [0.4, 0.5) is 5.69 Å². The van der Waals surface area contributed by atoms with Gasteiger partial charge in [0.25, 0.3) is 0 Å². The van der Waals surface area contributed by atoms with Gasteiger partial charge in [-0.25, -0.2) is 8.42 Å². The third-order valence-electron chi connectivity index (χ3n) is 5.60. The second-order valence-electron chi connectivity index (χ2n) is 8.87. The van der Waals surface area contributed by atoms with E-state index in [-0.39, 0.29) is 24.8 Å². The fraction of sp³-hybridized carbons (Fsp3) is 0.462. The van der Waals surface area contributed by atoms with Crippen LogP contribution in [0.5, 0.6) is 0 Å². The first-order valence-electron chi connectivity index (χ1n) is 11.6. The van der Waals surface area contributed by atoms with E-state index >= 15 is 0 Å². The molecule has 7 nitrogen and oxygen atoms in total. The fourth-order valence-corrected chi connectivity index (χ4v) is 4.96. The van der Waals surface area contributed by atoms with E-state index in [0.29, 0.717) is 25.2 Å². The molecule has 0 radical (unpaired) electrons. The first-order valence-corrected chi connectivity index (χ1v) is 13.5. The van der Waals surface area contributed by atoms with Crippen LogP contribution in [0.3, 0.4) is 0 Å². The number of anilines is 1. The minimum Gasteiger partial charge on any atom is -0.355 e. The van der Waals surface area contributed by atoms with Crippen molar-refractivity contribution in [1.82, 2.24) is 10.2 Å². The Morgan fingerprint density at radius 2 is 1.65 bits per heavy atom.